The van der Waals surface area contributed by atoms with E-state index in [-0.39, 0.29) is 0 Å². The Morgan fingerprint density at radius 3 is 1.90 bits per heavy atom. The lowest BCUT2D eigenvalue weighted by molar-refractivity contribution is 0.0660. The molecule has 0 aromatic heterocycles. The van der Waals surface area contributed by atoms with E-state index >= 15 is 0 Å². The zero-order chi connectivity index (χ0) is 19.5. The van der Waals surface area contributed by atoms with Crippen LogP contribution in [0.3, 0.4) is 0 Å². The molecular formula is C26H37BO2. The van der Waals surface area contributed by atoms with Gasteiger partial charge in [-0.2, -0.15) is 0 Å². The molecule has 2 saturated carbocycles. The largest absolute Gasteiger partial charge is 0.491 e. The first-order valence-electron chi connectivity index (χ1n) is 12.5. The predicted octanol–water partition coefficient (Wildman–Crippen LogP) is 7.31. The molecule has 0 radical (unpaired) electrons. The summed E-state index contributed by atoms with van der Waals surface area (Å²) in [6, 6.07) is 0. The molecule has 156 valence electrons. The van der Waals surface area contributed by atoms with Gasteiger partial charge in [-0.05, 0) is 49.5 Å². The lowest BCUT2D eigenvalue weighted by Crippen LogP contribution is -2.49. The van der Waals surface area contributed by atoms with Gasteiger partial charge in [0.25, 0.3) is 0 Å². The summed E-state index contributed by atoms with van der Waals surface area (Å²) in [6.07, 6.45) is 30.5. The summed E-state index contributed by atoms with van der Waals surface area (Å²) in [7, 11) is 0. The molecule has 0 bridgehead atoms. The van der Waals surface area contributed by atoms with Gasteiger partial charge in [-0.1, -0.05) is 82.4 Å². The summed E-state index contributed by atoms with van der Waals surface area (Å²) < 4.78 is 13.5. The Labute approximate surface area is 177 Å². The second-order valence-corrected chi connectivity index (χ2v) is 9.91. The summed E-state index contributed by atoms with van der Waals surface area (Å²) in [4.78, 5) is 0. The third-order valence-corrected chi connectivity index (χ3v) is 8.07. The van der Waals surface area contributed by atoms with E-state index in [0.717, 1.165) is 11.5 Å². The van der Waals surface area contributed by atoms with E-state index in [9.17, 15) is 0 Å². The van der Waals surface area contributed by atoms with Crippen LogP contribution in [0.2, 0.25) is 11.6 Å². The number of rotatable bonds is 0. The molecule has 4 unspecified atom stereocenters. The molecule has 2 heterocycles. The molecule has 0 aromatic rings. The molecule has 2 nitrogen and oxygen atoms in total. The summed E-state index contributed by atoms with van der Waals surface area (Å²) >= 11 is 0. The molecule has 0 spiro atoms. The van der Waals surface area contributed by atoms with Crippen molar-refractivity contribution in [2.45, 2.75) is 114 Å². The van der Waals surface area contributed by atoms with Crippen LogP contribution in [0.4, 0.5) is 0 Å². The first-order valence-corrected chi connectivity index (χ1v) is 12.5. The van der Waals surface area contributed by atoms with Crippen LogP contribution in [0.1, 0.15) is 89.9 Å². The molecule has 3 fully saturated rings. The quantitative estimate of drug-likeness (QED) is 0.402. The van der Waals surface area contributed by atoms with E-state index in [0.29, 0.717) is 30.6 Å². The molecule has 2 aliphatic heterocycles. The normalized spacial score (nSPS) is 39.3. The van der Waals surface area contributed by atoms with Gasteiger partial charge in [0.2, 0.25) is 0 Å². The molecule has 5 aliphatic rings. The van der Waals surface area contributed by atoms with Crippen molar-refractivity contribution in [1.29, 1.82) is 0 Å². The van der Waals surface area contributed by atoms with Gasteiger partial charge in [-0.3, -0.25) is 0 Å². The fraction of sp³-hybridized carbons (Fsp3) is 0.692. The van der Waals surface area contributed by atoms with Crippen molar-refractivity contribution in [2.24, 2.45) is 0 Å². The van der Waals surface area contributed by atoms with E-state index in [1.807, 2.05) is 0 Å². The van der Waals surface area contributed by atoms with Crippen molar-refractivity contribution in [3.63, 3.8) is 0 Å². The minimum Gasteiger partial charge on any atom is -0.491 e. The zero-order valence-electron chi connectivity index (χ0n) is 18.0. The maximum Gasteiger partial charge on any atom is 0.199 e. The number of ether oxygens (including phenoxy) is 2. The Bertz CT molecular complexity index is 699. The van der Waals surface area contributed by atoms with Gasteiger partial charge in [0.05, 0.1) is 12.2 Å². The van der Waals surface area contributed by atoms with Crippen LogP contribution in [-0.4, -0.2) is 18.9 Å². The van der Waals surface area contributed by atoms with Crippen molar-refractivity contribution in [3.05, 3.63) is 47.4 Å². The maximum absolute atomic E-state index is 6.76. The predicted molar refractivity (Wildman–Crippen MR) is 121 cm³/mol. The van der Waals surface area contributed by atoms with Gasteiger partial charge < -0.3 is 9.47 Å². The molecule has 29 heavy (non-hydrogen) atoms. The fourth-order valence-corrected chi connectivity index (χ4v) is 6.68. The summed E-state index contributed by atoms with van der Waals surface area (Å²) in [5.74, 6) is 3.57. The highest BCUT2D eigenvalue weighted by Gasteiger charge is 2.52. The monoisotopic (exact) mass is 392 g/mol. The van der Waals surface area contributed by atoms with Gasteiger partial charge >= 0.3 is 0 Å². The fourth-order valence-electron chi connectivity index (χ4n) is 6.68. The van der Waals surface area contributed by atoms with Crippen LogP contribution in [0.25, 0.3) is 0 Å². The lowest BCUT2D eigenvalue weighted by Gasteiger charge is -2.48. The molecule has 3 aliphatic carbocycles. The topological polar surface area (TPSA) is 18.5 Å². The maximum atomic E-state index is 6.76. The van der Waals surface area contributed by atoms with Gasteiger partial charge in [0.15, 0.2) is 6.71 Å². The Balaban J connectivity index is 1.57. The molecule has 0 amide bonds. The number of hydrogen-bond acceptors (Lipinski definition) is 2. The second-order valence-electron chi connectivity index (χ2n) is 9.91. The third kappa shape index (κ3) is 4.12. The molecule has 3 heteroatoms. The summed E-state index contributed by atoms with van der Waals surface area (Å²) in [5.41, 5.74) is 1.41. The minimum absolute atomic E-state index is 0.400. The van der Waals surface area contributed by atoms with E-state index in [1.165, 1.54) is 95.4 Å². The zero-order valence-corrected chi connectivity index (χ0v) is 18.0. The number of allylic oxidation sites excluding steroid dienone is 6. The Morgan fingerprint density at radius 1 is 0.621 bits per heavy atom. The summed E-state index contributed by atoms with van der Waals surface area (Å²) in [6.45, 7) is 0.626. The van der Waals surface area contributed by atoms with E-state index in [1.54, 1.807) is 0 Å². The van der Waals surface area contributed by atoms with Crippen LogP contribution in [0.15, 0.2) is 47.4 Å². The van der Waals surface area contributed by atoms with E-state index in [4.69, 9.17) is 9.47 Å². The van der Waals surface area contributed by atoms with Crippen molar-refractivity contribution >= 4 is 6.71 Å². The first kappa shape index (κ1) is 19.6. The Hall–Kier alpha value is -1.38. The molecule has 4 atom stereocenters. The summed E-state index contributed by atoms with van der Waals surface area (Å²) in [5, 5.41) is 0. The number of hydrogen-bond donors (Lipinski definition) is 0. The molecule has 1 saturated heterocycles. The van der Waals surface area contributed by atoms with Crippen molar-refractivity contribution < 1.29 is 9.47 Å². The van der Waals surface area contributed by atoms with Crippen molar-refractivity contribution in [1.82, 2.24) is 0 Å². The molecular weight excluding hydrogens is 355 g/mol. The highest BCUT2D eigenvalue weighted by Crippen LogP contribution is 2.52. The molecule has 5 rings (SSSR count). The second kappa shape index (κ2) is 9.19. The Kier molecular flexibility index (Phi) is 6.20. The Morgan fingerprint density at radius 2 is 1.21 bits per heavy atom. The van der Waals surface area contributed by atoms with Crippen LogP contribution in [0, 0.1) is 0 Å². The minimum atomic E-state index is 0.400. The average Bonchev–Trinajstić information content (AvgIpc) is 2.91. The van der Waals surface area contributed by atoms with E-state index < -0.39 is 0 Å². The van der Waals surface area contributed by atoms with Crippen LogP contribution >= 0.6 is 0 Å². The van der Waals surface area contributed by atoms with Gasteiger partial charge in [-0.25, -0.2) is 0 Å². The van der Waals surface area contributed by atoms with Crippen LogP contribution < -0.4 is 0 Å². The van der Waals surface area contributed by atoms with Gasteiger partial charge in [0.1, 0.15) is 11.5 Å². The molecule has 0 N–H and O–H groups in total. The van der Waals surface area contributed by atoms with Gasteiger partial charge in [0, 0.05) is 5.47 Å². The van der Waals surface area contributed by atoms with Crippen LogP contribution in [-0.2, 0) is 9.47 Å². The molecule has 0 aromatic carbocycles. The first-order chi connectivity index (χ1) is 14.4. The van der Waals surface area contributed by atoms with Gasteiger partial charge in [-0.15, -0.1) is 0 Å². The highest BCUT2D eigenvalue weighted by atomic mass is 16.5. The van der Waals surface area contributed by atoms with Crippen molar-refractivity contribution in [3.8, 4) is 0 Å². The standard InChI is InChI=1S/C26H37BO2/c1-3-8-14-20-22(16-10-5-1)28-24-18-12-7-13-19-25-26(24)27(20)21-15-9-4-2-6-11-17-23(21)29-25/h7,12-13,18-23H,1-6,8-11,14-17H2/b12-7-,13-7?,18-12?,19-13-,24-18+,25-19?. The van der Waals surface area contributed by atoms with Crippen molar-refractivity contribution in [2.75, 3.05) is 0 Å². The lowest BCUT2D eigenvalue weighted by atomic mass is 9.25. The smallest absolute Gasteiger partial charge is 0.199 e. The number of fused-ring (bicyclic) bond motifs is 4. The highest BCUT2D eigenvalue weighted by molar-refractivity contribution is 6.71. The average molecular weight is 392 g/mol. The van der Waals surface area contributed by atoms with E-state index in [2.05, 4.69) is 30.4 Å². The third-order valence-electron chi connectivity index (χ3n) is 8.07. The SMILES string of the molecule is C1=C\C=C2\OC3CCCCCCCC3B3C2=C(\C=C/1)OC1CCCCCCCC31. The van der Waals surface area contributed by atoms with Crippen LogP contribution in [0.5, 0.6) is 0 Å².